The smallest absolute Gasteiger partial charge is 0.125 e. The molecule has 0 aliphatic heterocycles. The van der Waals surface area contributed by atoms with Crippen molar-refractivity contribution in [3.05, 3.63) is 29.6 Å². The monoisotopic (exact) mass is 239 g/mol. The minimum atomic E-state index is -0.338. The molecule has 2 nitrogen and oxygen atoms in total. The van der Waals surface area contributed by atoms with E-state index in [2.05, 4.69) is 12.2 Å². The molecule has 0 saturated heterocycles. The van der Waals surface area contributed by atoms with Crippen LogP contribution in [0.25, 0.3) is 0 Å². The number of benzene rings is 1. The van der Waals surface area contributed by atoms with Gasteiger partial charge in [-0.15, -0.1) is 0 Å². The van der Waals surface area contributed by atoms with E-state index in [1.165, 1.54) is 12.1 Å². The predicted octanol–water partition coefficient (Wildman–Crippen LogP) is 3.49. The molecule has 1 aromatic rings. The molecule has 1 atom stereocenters. The van der Waals surface area contributed by atoms with Gasteiger partial charge in [-0.05, 0) is 43.5 Å². The minimum Gasteiger partial charge on any atom is -0.394 e. The Morgan fingerprint density at radius 2 is 2.00 bits per heavy atom. The molecule has 0 aromatic heterocycles. The highest BCUT2D eigenvalue weighted by Crippen LogP contribution is 2.24. The van der Waals surface area contributed by atoms with Crippen LogP contribution in [0.15, 0.2) is 18.2 Å². The molecule has 0 fully saturated rings. The normalized spacial score (nSPS) is 14.4. The first-order chi connectivity index (χ1) is 8.05. The molecule has 0 saturated carbocycles. The van der Waals surface area contributed by atoms with Crippen LogP contribution >= 0.6 is 0 Å². The Morgan fingerprint density at radius 3 is 2.47 bits per heavy atom. The van der Waals surface area contributed by atoms with Gasteiger partial charge in [0.15, 0.2) is 0 Å². The van der Waals surface area contributed by atoms with Gasteiger partial charge in [-0.25, -0.2) is 4.39 Å². The van der Waals surface area contributed by atoms with Gasteiger partial charge in [0, 0.05) is 5.69 Å². The highest BCUT2D eigenvalue weighted by Gasteiger charge is 2.26. The van der Waals surface area contributed by atoms with Crippen molar-refractivity contribution in [2.45, 2.75) is 45.6 Å². The summed E-state index contributed by atoms with van der Waals surface area (Å²) in [7, 11) is 0. The van der Waals surface area contributed by atoms with E-state index in [0.29, 0.717) is 0 Å². The molecule has 0 radical (unpaired) electrons. The summed E-state index contributed by atoms with van der Waals surface area (Å²) in [5, 5.41) is 12.8. The van der Waals surface area contributed by atoms with Gasteiger partial charge >= 0.3 is 0 Å². The van der Waals surface area contributed by atoms with Crippen LogP contribution < -0.4 is 5.32 Å². The predicted molar refractivity (Wildman–Crippen MR) is 69.8 cm³/mol. The molecule has 0 aliphatic rings. The van der Waals surface area contributed by atoms with Gasteiger partial charge in [-0.1, -0.05) is 20.3 Å². The molecule has 2 N–H and O–H groups in total. The number of hydrogen-bond donors (Lipinski definition) is 2. The molecular formula is C14H22FNO. The molecule has 0 aliphatic carbocycles. The fraction of sp³-hybridized carbons (Fsp3) is 0.571. The number of halogens is 1. The molecule has 0 spiro atoms. The van der Waals surface area contributed by atoms with Gasteiger partial charge in [0.1, 0.15) is 5.82 Å². The summed E-state index contributed by atoms with van der Waals surface area (Å²) in [5.74, 6) is -0.244. The Labute approximate surface area is 103 Å². The lowest BCUT2D eigenvalue weighted by atomic mass is 9.91. The van der Waals surface area contributed by atoms with Crippen molar-refractivity contribution < 1.29 is 9.50 Å². The summed E-state index contributed by atoms with van der Waals surface area (Å²) in [6.45, 7) is 6.04. The average Bonchev–Trinajstić information content (AvgIpc) is 2.27. The van der Waals surface area contributed by atoms with Crippen molar-refractivity contribution in [1.82, 2.24) is 0 Å². The third kappa shape index (κ3) is 3.70. The number of nitrogens with one attached hydrogen (secondary N) is 1. The van der Waals surface area contributed by atoms with Crippen LogP contribution in [-0.2, 0) is 0 Å². The van der Waals surface area contributed by atoms with E-state index in [-0.39, 0.29) is 18.0 Å². The van der Waals surface area contributed by atoms with Crippen LogP contribution in [-0.4, -0.2) is 17.3 Å². The van der Waals surface area contributed by atoms with Gasteiger partial charge in [-0.2, -0.15) is 0 Å². The zero-order valence-corrected chi connectivity index (χ0v) is 10.9. The number of anilines is 1. The minimum absolute atomic E-state index is 0.0624. The fourth-order valence-electron chi connectivity index (χ4n) is 2.15. The molecular weight excluding hydrogens is 217 g/mol. The third-order valence-corrected chi connectivity index (χ3v) is 3.16. The lowest BCUT2D eigenvalue weighted by Gasteiger charge is -2.33. The zero-order valence-electron chi connectivity index (χ0n) is 10.9. The van der Waals surface area contributed by atoms with Crippen LogP contribution in [0.3, 0.4) is 0 Å². The third-order valence-electron chi connectivity index (χ3n) is 3.16. The molecule has 0 bridgehead atoms. The molecule has 0 heterocycles. The van der Waals surface area contributed by atoms with Crippen LogP contribution in [0.4, 0.5) is 10.1 Å². The Bertz CT molecular complexity index is 341. The lowest BCUT2D eigenvalue weighted by Crippen LogP contribution is -2.41. The zero-order chi connectivity index (χ0) is 12.9. The van der Waals surface area contributed by atoms with Crippen LogP contribution in [0.1, 0.15) is 38.7 Å². The lowest BCUT2D eigenvalue weighted by molar-refractivity contribution is 0.197. The van der Waals surface area contributed by atoms with Crippen molar-refractivity contribution >= 4 is 5.69 Å². The number of aliphatic hydroxyl groups excluding tert-OH is 1. The maximum Gasteiger partial charge on any atom is 0.125 e. The second-order valence-corrected chi connectivity index (χ2v) is 4.68. The Hall–Kier alpha value is -1.09. The summed E-state index contributed by atoms with van der Waals surface area (Å²) in [6.07, 6.45) is 2.66. The van der Waals surface area contributed by atoms with Gasteiger partial charge in [0.25, 0.3) is 0 Å². The average molecular weight is 239 g/mol. The Balaban J connectivity index is 2.92. The number of hydrogen-bond acceptors (Lipinski definition) is 2. The van der Waals surface area contributed by atoms with Gasteiger partial charge in [0.05, 0.1) is 12.1 Å². The van der Waals surface area contributed by atoms with Crippen molar-refractivity contribution in [3.63, 3.8) is 0 Å². The summed E-state index contributed by atoms with van der Waals surface area (Å²) >= 11 is 0. The molecule has 1 rings (SSSR count). The second kappa shape index (κ2) is 6.01. The van der Waals surface area contributed by atoms with Crippen molar-refractivity contribution in [3.8, 4) is 0 Å². The van der Waals surface area contributed by atoms with Gasteiger partial charge < -0.3 is 10.4 Å². The van der Waals surface area contributed by atoms with E-state index in [0.717, 1.165) is 30.5 Å². The van der Waals surface area contributed by atoms with Crippen molar-refractivity contribution in [2.24, 2.45) is 0 Å². The van der Waals surface area contributed by atoms with E-state index in [1.54, 1.807) is 0 Å². The van der Waals surface area contributed by atoms with E-state index in [1.807, 2.05) is 19.9 Å². The van der Waals surface area contributed by atoms with Gasteiger partial charge in [0.2, 0.25) is 0 Å². The largest absolute Gasteiger partial charge is 0.394 e. The summed E-state index contributed by atoms with van der Waals surface area (Å²) in [6, 6.07) is 4.87. The highest BCUT2D eigenvalue weighted by molar-refractivity contribution is 5.48. The summed E-state index contributed by atoms with van der Waals surface area (Å²) in [5.41, 5.74) is 1.29. The second-order valence-electron chi connectivity index (χ2n) is 4.68. The molecule has 0 amide bonds. The van der Waals surface area contributed by atoms with Crippen molar-refractivity contribution in [1.29, 1.82) is 0 Å². The molecule has 1 unspecified atom stereocenters. The van der Waals surface area contributed by atoms with Crippen LogP contribution in [0.2, 0.25) is 0 Å². The van der Waals surface area contributed by atoms with Crippen LogP contribution in [0, 0.1) is 12.7 Å². The molecule has 96 valence electrons. The van der Waals surface area contributed by atoms with E-state index in [4.69, 9.17) is 0 Å². The number of aliphatic hydroxyl groups is 1. The molecule has 3 heteroatoms. The summed E-state index contributed by atoms with van der Waals surface area (Å²) < 4.78 is 13.3. The number of aryl methyl sites for hydroxylation is 1. The standard InChI is InChI=1S/C14H22FNO/c1-4-6-14(5-2,10-17)16-13-8-11(3)7-12(15)9-13/h7-9,16-17H,4-6,10H2,1-3H3. The SMILES string of the molecule is CCCC(CC)(CO)Nc1cc(C)cc(F)c1. The van der Waals surface area contributed by atoms with Crippen LogP contribution in [0.5, 0.6) is 0 Å². The van der Waals surface area contributed by atoms with E-state index < -0.39 is 0 Å². The first-order valence-corrected chi connectivity index (χ1v) is 6.21. The quantitative estimate of drug-likeness (QED) is 0.796. The van der Waals surface area contributed by atoms with Gasteiger partial charge in [-0.3, -0.25) is 0 Å². The highest BCUT2D eigenvalue weighted by atomic mass is 19.1. The van der Waals surface area contributed by atoms with E-state index in [9.17, 15) is 9.50 Å². The maximum absolute atomic E-state index is 13.3. The Kier molecular flexibility index (Phi) is 4.94. The Morgan fingerprint density at radius 1 is 1.29 bits per heavy atom. The maximum atomic E-state index is 13.3. The number of rotatable bonds is 6. The molecule has 17 heavy (non-hydrogen) atoms. The molecule has 1 aromatic carbocycles. The first kappa shape index (κ1) is 14.0. The fourth-order valence-corrected chi connectivity index (χ4v) is 2.15. The topological polar surface area (TPSA) is 32.3 Å². The summed E-state index contributed by atoms with van der Waals surface area (Å²) in [4.78, 5) is 0. The first-order valence-electron chi connectivity index (χ1n) is 6.21. The van der Waals surface area contributed by atoms with E-state index >= 15 is 0 Å². The van der Waals surface area contributed by atoms with Crippen molar-refractivity contribution in [2.75, 3.05) is 11.9 Å².